The van der Waals surface area contributed by atoms with E-state index >= 15 is 0 Å². The van der Waals surface area contributed by atoms with Crippen LogP contribution in [-0.4, -0.2) is 27.9 Å². The summed E-state index contributed by atoms with van der Waals surface area (Å²) in [6.45, 7) is 0. The molecule has 1 aliphatic heterocycles. The Kier molecular flexibility index (Phi) is 3.23. The number of aryl methyl sites for hydroxylation is 1. The first-order valence-electron chi connectivity index (χ1n) is 5.41. The lowest BCUT2D eigenvalue weighted by Gasteiger charge is -2.15. The minimum atomic E-state index is -1.28. The number of benzene rings is 1. The molecular weight excluding hydrogens is 234 g/mol. The molecule has 0 saturated carbocycles. The van der Waals surface area contributed by atoms with Gasteiger partial charge in [0.25, 0.3) is 0 Å². The molecule has 0 aromatic heterocycles. The third-order valence-electron chi connectivity index (χ3n) is 2.69. The molecule has 0 aliphatic carbocycles. The highest BCUT2D eigenvalue weighted by Crippen LogP contribution is 2.27. The van der Waals surface area contributed by atoms with Crippen molar-refractivity contribution in [2.24, 2.45) is 4.99 Å². The number of carboxylic acids is 2. The Bertz CT molecular complexity index is 572. The Hall–Kier alpha value is -2.43. The number of carbonyl (C=O) groups is 2. The maximum absolute atomic E-state index is 11.0. The predicted octanol–water partition coefficient (Wildman–Crippen LogP) is 1.80. The van der Waals surface area contributed by atoms with Crippen LogP contribution < -0.4 is 0 Å². The lowest BCUT2D eigenvalue weighted by Crippen LogP contribution is -2.17. The van der Waals surface area contributed by atoms with Crippen molar-refractivity contribution in [3.05, 3.63) is 41.5 Å². The fourth-order valence-corrected chi connectivity index (χ4v) is 1.87. The molecule has 0 radical (unpaired) electrons. The lowest BCUT2D eigenvalue weighted by molar-refractivity contribution is -0.134. The Labute approximate surface area is 103 Å². The fraction of sp³-hybridized carbons (Fsp3) is 0.154. The van der Waals surface area contributed by atoms with Gasteiger partial charge in [-0.2, -0.15) is 0 Å². The molecule has 1 aromatic rings. The molecule has 5 heteroatoms. The van der Waals surface area contributed by atoms with E-state index in [1.165, 1.54) is 0 Å². The van der Waals surface area contributed by atoms with Gasteiger partial charge in [-0.1, -0.05) is 18.2 Å². The molecule has 1 heterocycles. The number of aliphatic carboxylic acids is 2. The molecule has 1 aliphatic rings. The zero-order valence-corrected chi connectivity index (χ0v) is 9.46. The molecule has 0 unspecified atom stereocenters. The predicted molar refractivity (Wildman–Crippen MR) is 65.2 cm³/mol. The van der Waals surface area contributed by atoms with Gasteiger partial charge >= 0.3 is 11.9 Å². The number of hydrogen-bond donors (Lipinski definition) is 2. The van der Waals surface area contributed by atoms with Crippen molar-refractivity contribution in [2.75, 3.05) is 0 Å². The number of nitrogens with zero attached hydrogens (tertiary/aromatic N) is 1. The van der Waals surface area contributed by atoms with Crippen molar-refractivity contribution in [2.45, 2.75) is 12.8 Å². The number of rotatable bonds is 3. The largest absolute Gasteiger partial charge is 0.478 e. The summed E-state index contributed by atoms with van der Waals surface area (Å²) in [5, 5.41) is 17.7. The Morgan fingerprint density at radius 2 is 1.89 bits per heavy atom. The highest BCUT2D eigenvalue weighted by atomic mass is 16.4. The molecule has 2 rings (SSSR count). The molecule has 0 atom stereocenters. The van der Waals surface area contributed by atoms with E-state index in [1.807, 2.05) is 18.2 Å². The van der Waals surface area contributed by atoms with E-state index in [1.54, 1.807) is 6.07 Å². The summed E-state index contributed by atoms with van der Waals surface area (Å²) in [6, 6.07) is 7.42. The van der Waals surface area contributed by atoms with Gasteiger partial charge in [-0.15, -0.1) is 0 Å². The van der Waals surface area contributed by atoms with Gasteiger partial charge in [0.15, 0.2) is 0 Å². The molecular formula is C13H11NO4. The van der Waals surface area contributed by atoms with Crippen molar-refractivity contribution >= 4 is 23.3 Å². The minimum Gasteiger partial charge on any atom is -0.478 e. The van der Waals surface area contributed by atoms with Crippen molar-refractivity contribution in [3.63, 3.8) is 0 Å². The van der Waals surface area contributed by atoms with Gasteiger partial charge in [0.05, 0.1) is 17.0 Å². The van der Waals surface area contributed by atoms with Gasteiger partial charge < -0.3 is 10.2 Å². The van der Waals surface area contributed by atoms with E-state index in [-0.39, 0.29) is 5.57 Å². The summed E-state index contributed by atoms with van der Waals surface area (Å²) in [7, 11) is 0. The van der Waals surface area contributed by atoms with E-state index in [4.69, 9.17) is 10.2 Å². The Balaban J connectivity index is 2.43. The van der Waals surface area contributed by atoms with Crippen molar-refractivity contribution in [3.8, 4) is 0 Å². The second-order valence-electron chi connectivity index (χ2n) is 3.89. The van der Waals surface area contributed by atoms with Crippen LogP contribution in [0.1, 0.15) is 12.0 Å². The van der Waals surface area contributed by atoms with E-state index in [0.29, 0.717) is 30.3 Å². The van der Waals surface area contributed by atoms with Crippen molar-refractivity contribution in [1.29, 1.82) is 0 Å². The average molecular weight is 245 g/mol. The highest BCUT2D eigenvalue weighted by Gasteiger charge is 2.20. The van der Waals surface area contributed by atoms with Gasteiger partial charge in [-0.3, -0.25) is 4.99 Å². The van der Waals surface area contributed by atoms with E-state index < -0.39 is 11.9 Å². The summed E-state index contributed by atoms with van der Waals surface area (Å²) in [5.74, 6) is -2.55. The standard InChI is InChI=1S/C13H11NO4/c15-12(16)7-9(13(17)18)11-6-5-8-3-1-2-4-10(8)14-11/h1-4,7H,5-6H2,(H,15,16)(H,17,18)/b9-7-. The normalized spacial score (nSPS) is 14.7. The molecule has 0 fully saturated rings. The van der Waals surface area contributed by atoms with Gasteiger partial charge in [0.2, 0.25) is 0 Å². The van der Waals surface area contributed by atoms with Crippen LogP contribution in [-0.2, 0) is 16.0 Å². The number of carboxylic acid groups (broad SMARTS) is 2. The first kappa shape index (κ1) is 12.0. The molecule has 0 spiro atoms. The zero-order chi connectivity index (χ0) is 13.1. The fourth-order valence-electron chi connectivity index (χ4n) is 1.87. The third-order valence-corrected chi connectivity index (χ3v) is 2.69. The number of para-hydroxylation sites is 1. The maximum atomic E-state index is 11.0. The molecule has 0 saturated heterocycles. The van der Waals surface area contributed by atoms with Gasteiger partial charge in [-0.25, -0.2) is 9.59 Å². The molecule has 5 nitrogen and oxygen atoms in total. The third kappa shape index (κ3) is 2.45. The summed E-state index contributed by atoms with van der Waals surface area (Å²) >= 11 is 0. The molecule has 2 N–H and O–H groups in total. The van der Waals surface area contributed by atoms with Crippen LogP contribution in [0.5, 0.6) is 0 Å². The highest BCUT2D eigenvalue weighted by molar-refractivity contribution is 6.22. The van der Waals surface area contributed by atoms with E-state index in [9.17, 15) is 9.59 Å². The maximum Gasteiger partial charge on any atom is 0.337 e. The Morgan fingerprint density at radius 3 is 2.56 bits per heavy atom. The van der Waals surface area contributed by atoms with Crippen LogP contribution in [0.15, 0.2) is 40.9 Å². The summed E-state index contributed by atoms with van der Waals surface area (Å²) in [4.78, 5) is 25.9. The summed E-state index contributed by atoms with van der Waals surface area (Å²) in [5.41, 5.74) is 1.80. The lowest BCUT2D eigenvalue weighted by atomic mass is 9.97. The quantitative estimate of drug-likeness (QED) is 0.795. The average Bonchev–Trinajstić information content (AvgIpc) is 2.35. The molecule has 0 bridgehead atoms. The Morgan fingerprint density at radius 1 is 1.17 bits per heavy atom. The van der Waals surface area contributed by atoms with Crippen LogP contribution in [0.4, 0.5) is 5.69 Å². The molecule has 0 amide bonds. The summed E-state index contributed by atoms with van der Waals surface area (Å²) < 4.78 is 0. The monoisotopic (exact) mass is 245 g/mol. The van der Waals surface area contributed by atoms with Crippen LogP contribution in [0.25, 0.3) is 0 Å². The van der Waals surface area contributed by atoms with Gasteiger partial charge in [0.1, 0.15) is 0 Å². The van der Waals surface area contributed by atoms with Gasteiger partial charge in [0, 0.05) is 6.08 Å². The number of aliphatic imine (C=N–C) groups is 1. The van der Waals surface area contributed by atoms with E-state index in [2.05, 4.69) is 4.99 Å². The second-order valence-corrected chi connectivity index (χ2v) is 3.89. The first-order chi connectivity index (χ1) is 8.58. The zero-order valence-electron chi connectivity index (χ0n) is 9.46. The van der Waals surface area contributed by atoms with Crippen LogP contribution >= 0.6 is 0 Å². The SMILES string of the molecule is O=C(O)/C=C(\C(=O)O)C1=Nc2ccccc2CC1. The van der Waals surface area contributed by atoms with Crippen LogP contribution in [0.2, 0.25) is 0 Å². The first-order valence-corrected chi connectivity index (χ1v) is 5.41. The van der Waals surface area contributed by atoms with Gasteiger partial charge in [-0.05, 0) is 24.5 Å². The smallest absolute Gasteiger partial charge is 0.337 e. The van der Waals surface area contributed by atoms with Crippen LogP contribution in [0, 0.1) is 0 Å². The second kappa shape index (κ2) is 4.83. The number of hydrogen-bond acceptors (Lipinski definition) is 3. The summed E-state index contributed by atoms with van der Waals surface area (Å²) in [6.07, 6.45) is 1.79. The van der Waals surface area contributed by atoms with Crippen LogP contribution in [0.3, 0.4) is 0 Å². The van der Waals surface area contributed by atoms with Crippen molar-refractivity contribution < 1.29 is 19.8 Å². The topological polar surface area (TPSA) is 87.0 Å². The molecule has 1 aromatic carbocycles. The minimum absolute atomic E-state index is 0.253. The van der Waals surface area contributed by atoms with E-state index in [0.717, 1.165) is 5.56 Å². The molecule has 92 valence electrons. The van der Waals surface area contributed by atoms with Crippen molar-refractivity contribution in [1.82, 2.24) is 0 Å². The number of fused-ring (bicyclic) bond motifs is 1. The molecule has 18 heavy (non-hydrogen) atoms.